The molecule has 0 bridgehead atoms. The van der Waals surface area contributed by atoms with Gasteiger partial charge in [0.15, 0.2) is 0 Å². The first-order valence-electron chi connectivity index (χ1n) is 6.80. The molecule has 3 heteroatoms. The number of rotatable bonds is 4. The fourth-order valence-electron chi connectivity index (χ4n) is 2.61. The fraction of sp³-hybridized carbons (Fsp3) is 0.714. The van der Waals surface area contributed by atoms with E-state index in [1.54, 1.807) is 0 Å². The average molecular weight is 233 g/mol. The first-order valence-corrected chi connectivity index (χ1v) is 6.80. The van der Waals surface area contributed by atoms with E-state index >= 15 is 0 Å². The minimum absolute atomic E-state index is 0.0116. The number of nitrogens with zero attached hydrogens (tertiary/aromatic N) is 2. The summed E-state index contributed by atoms with van der Waals surface area (Å²) >= 11 is 0. The van der Waals surface area contributed by atoms with Gasteiger partial charge in [0.2, 0.25) is 0 Å². The first kappa shape index (κ1) is 12.5. The van der Waals surface area contributed by atoms with Crippen LogP contribution < -0.4 is 5.73 Å². The predicted octanol–water partition coefficient (Wildman–Crippen LogP) is 3.15. The fourth-order valence-corrected chi connectivity index (χ4v) is 2.61. The Morgan fingerprint density at radius 3 is 2.53 bits per heavy atom. The third kappa shape index (κ3) is 3.77. The zero-order valence-electron chi connectivity index (χ0n) is 10.7. The maximum atomic E-state index is 6.14. The second-order valence-corrected chi connectivity index (χ2v) is 5.31. The van der Waals surface area contributed by atoms with E-state index in [1.165, 1.54) is 38.5 Å². The van der Waals surface area contributed by atoms with Gasteiger partial charge in [0.1, 0.15) is 5.82 Å². The summed E-state index contributed by atoms with van der Waals surface area (Å²) in [5.74, 6) is 1.69. The quantitative estimate of drug-likeness (QED) is 0.869. The highest BCUT2D eigenvalue weighted by molar-refractivity contribution is 5.04. The lowest BCUT2D eigenvalue weighted by Gasteiger charge is -2.22. The van der Waals surface area contributed by atoms with Crippen LogP contribution in [0.15, 0.2) is 12.4 Å². The van der Waals surface area contributed by atoms with Gasteiger partial charge >= 0.3 is 0 Å². The molecular weight excluding hydrogens is 210 g/mol. The smallest absolute Gasteiger partial charge is 0.144 e. The summed E-state index contributed by atoms with van der Waals surface area (Å²) in [7, 11) is 0. The summed E-state index contributed by atoms with van der Waals surface area (Å²) in [6.07, 6.45) is 13.0. The van der Waals surface area contributed by atoms with Crippen LogP contribution in [0.1, 0.15) is 62.4 Å². The van der Waals surface area contributed by atoms with Crippen molar-refractivity contribution in [3.05, 3.63) is 23.8 Å². The minimum atomic E-state index is 0.0116. The second-order valence-electron chi connectivity index (χ2n) is 5.31. The molecule has 0 aliphatic heterocycles. The molecule has 2 rings (SSSR count). The Balaban J connectivity index is 1.80. The van der Waals surface area contributed by atoms with Crippen LogP contribution >= 0.6 is 0 Å². The maximum absolute atomic E-state index is 6.14. The summed E-state index contributed by atoms with van der Waals surface area (Å²) in [4.78, 5) is 8.61. The largest absolute Gasteiger partial charge is 0.321 e. The summed E-state index contributed by atoms with van der Waals surface area (Å²) < 4.78 is 0. The van der Waals surface area contributed by atoms with Crippen molar-refractivity contribution in [3.63, 3.8) is 0 Å². The van der Waals surface area contributed by atoms with E-state index in [0.29, 0.717) is 0 Å². The van der Waals surface area contributed by atoms with Crippen molar-refractivity contribution in [2.24, 2.45) is 11.7 Å². The summed E-state index contributed by atoms with van der Waals surface area (Å²) in [5.41, 5.74) is 7.23. The van der Waals surface area contributed by atoms with Gasteiger partial charge in [-0.3, -0.25) is 0 Å². The molecule has 0 radical (unpaired) electrons. The van der Waals surface area contributed by atoms with Crippen LogP contribution in [0.5, 0.6) is 0 Å². The van der Waals surface area contributed by atoms with Crippen LogP contribution in [-0.4, -0.2) is 9.97 Å². The predicted molar refractivity (Wildman–Crippen MR) is 69.5 cm³/mol. The molecule has 17 heavy (non-hydrogen) atoms. The van der Waals surface area contributed by atoms with E-state index < -0.39 is 0 Å². The van der Waals surface area contributed by atoms with Gasteiger partial charge < -0.3 is 5.73 Å². The van der Waals surface area contributed by atoms with E-state index in [-0.39, 0.29) is 6.04 Å². The Kier molecular flexibility index (Phi) is 4.49. The van der Waals surface area contributed by atoms with Gasteiger partial charge in [-0.1, -0.05) is 32.1 Å². The Morgan fingerprint density at radius 2 is 1.88 bits per heavy atom. The molecule has 0 amide bonds. The second kappa shape index (κ2) is 6.10. The van der Waals surface area contributed by atoms with E-state index in [0.717, 1.165) is 23.7 Å². The van der Waals surface area contributed by atoms with Crippen LogP contribution in [0.25, 0.3) is 0 Å². The van der Waals surface area contributed by atoms with Gasteiger partial charge in [0, 0.05) is 12.4 Å². The monoisotopic (exact) mass is 233 g/mol. The number of aromatic nitrogens is 2. The summed E-state index contributed by atoms with van der Waals surface area (Å²) in [6.45, 7) is 2.00. The molecule has 1 saturated carbocycles. The molecule has 1 aliphatic rings. The molecule has 1 aromatic rings. The molecule has 1 unspecified atom stereocenters. The molecule has 0 saturated heterocycles. The highest BCUT2D eigenvalue weighted by atomic mass is 14.9. The third-order valence-corrected chi connectivity index (χ3v) is 3.74. The van der Waals surface area contributed by atoms with Crippen molar-refractivity contribution < 1.29 is 0 Å². The highest BCUT2D eigenvalue weighted by Gasteiger charge is 2.16. The van der Waals surface area contributed by atoms with E-state index in [9.17, 15) is 0 Å². The van der Waals surface area contributed by atoms with E-state index in [4.69, 9.17) is 5.73 Å². The number of aryl methyl sites for hydroxylation is 1. The van der Waals surface area contributed by atoms with Crippen LogP contribution in [0.4, 0.5) is 0 Å². The highest BCUT2D eigenvalue weighted by Crippen LogP contribution is 2.29. The Hall–Kier alpha value is -0.960. The van der Waals surface area contributed by atoms with Crippen LogP contribution in [-0.2, 0) is 0 Å². The van der Waals surface area contributed by atoms with Crippen molar-refractivity contribution >= 4 is 0 Å². The van der Waals surface area contributed by atoms with Crippen molar-refractivity contribution in [1.29, 1.82) is 0 Å². The average Bonchev–Trinajstić information content (AvgIpc) is 2.38. The van der Waals surface area contributed by atoms with Gasteiger partial charge in [-0.15, -0.1) is 0 Å². The molecule has 94 valence electrons. The molecule has 2 N–H and O–H groups in total. The molecule has 1 heterocycles. The van der Waals surface area contributed by atoms with E-state index in [1.807, 2.05) is 19.3 Å². The van der Waals surface area contributed by atoms with Gasteiger partial charge in [-0.05, 0) is 31.2 Å². The number of nitrogens with two attached hydrogens (primary N) is 1. The van der Waals surface area contributed by atoms with Crippen molar-refractivity contribution in [2.45, 2.75) is 57.9 Å². The van der Waals surface area contributed by atoms with Gasteiger partial charge in [-0.2, -0.15) is 0 Å². The van der Waals surface area contributed by atoms with Crippen LogP contribution in [0.2, 0.25) is 0 Å². The zero-order chi connectivity index (χ0) is 12.1. The van der Waals surface area contributed by atoms with Crippen molar-refractivity contribution in [2.75, 3.05) is 0 Å². The molecule has 1 atom stereocenters. The Labute approximate surface area is 104 Å². The SMILES string of the molecule is Cc1cnc(C(N)CCC2CCCCC2)nc1. The Morgan fingerprint density at radius 1 is 1.24 bits per heavy atom. The number of hydrogen-bond donors (Lipinski definition) is 1. The lowest BCUT2D eigenvalue weighted by molar-refractivity contribution is 0.322. The van der Waals surface area contributed by atoms with Crippen LogP contribution in [0, 0.1) is 12.8 Å². The summed E-state index contributed by atoms with van der Waals surface area (Å²) in [5, 5.41) is 0. The van der Waals surface area contributed by atoms with Gasteiger partial charge in [0.05, 0.1) is 6.04 Å². The van der Waals surface area contributed by atoms with Crippen molar-refractivity contribution in [3.8, 4) is 0 Å². The molecule has 0 spiro atoms. The third-order valence-electron chi connectivity index (χ3n) is 3.74. The zero-order valence-corrected chi connectivity index (χ0v) is 10.7. The van der Waals surface area contributed by atoms with E-state index in [2.05, 4.69) is 9.97 Å². The lowest BCUT2D eigenvalue weighted by Crippen LogP contribution is -2.16. The van der Waals surface area contributed by atoms with Gasteiger partial charge in [0.25, 0.3) is 0 Å². The molecular formula is C14H23N3. The maximum Gasteiger partial charge on any atom is 0.144 e. The molecule has 1 fully saturated rings. The van der Waals surface area contributed by atoms with Gasteiger partial charge in [-0.25, -0.2) is 9.97 Å². The minimum Gasteiger partial charge on any atom is -0.321 e. The molecule has 1 aromatic heterocycles. The topological polar surface area (TPSA) is 51.8 Å². The van der Waals surface area contributed by atoms with Crippen LogP contribution in [0.3, 0.4) is 0 Å². The molecule has 1 aliphatic carbocycles. The standard InChI is InChI=1S/C14H23N3/c1-11-9-16-14(17-10-11)13(15)8-7-12-5-3-2-4-6-12/h9-10,12-13H,2-8,15H2,1H3. The molecule has 0 aromatic carbocycles. The Bertz CT molecular complexity index is 328. The first-order chi connectivity index (χ1) is 8.25. The number of hydrogen-bond acceptors (Lipinski definition) is 3. The summed E-state index contributed by atoms with van der Waals surface area (Å²) in [6, 6.07) is 0.0116. The lowest BCUT2D eigenvalue weighted by atomic mass is 9.85. The normalized spacial score (nSPS) is 19.2. The molecule has 3 nitrogen and oxygen atoms in total. The van der Waals surface area contributed by atoms with Crippen molar-refractivity contribution in [1.82, 2.24) is 9.97 Å².